The molecule has 23 heavy (non-hydrogen) atoms. The van der Waals surface area contributed by atoms with Gasteiger partial charge in [0, 0.05) is 0 Å². The molecule has 0 aliphatic carbocycles. The van der Waals surface area contributed by atoms with Crippen molar-refractivity contribution >= 4 is 6.96 Å². The van der Waals surface area contributed by atoms with Crippen LogP contribution < -0.4 is 18.6 Å². The Balaban J connectivity index is 1.60. The van der Waals surface area contributed by atoms with Crippen LogP contribution in [0.2, 0.25) is 0 Å². The highest BCUT2D eigenvalue weighted by Gasteiger charge is 2.51. The van der Waals surface area contributed by atoms with E-state index in [0.717, 1.165) is 24.0 Å². The minimum absolute atomic E-state index is 0.622. The molecule has 0 saturated carbocycles. The molecule has 0 saturated heterocycles. The lowest BCUT2D eigenvalue weighted by atomic mass is 10.1. The molecule has 116 valence electrons. The van der Waals surface area contributed by atoms with Gasteiger partial charge in [0.1, 0.15) is 23.0 Å². The standard InChI is InChI=1S/C18H16BO4/c1-3-5-13-7-9-15-17(11-13)22-19(20-15)21-16-10-8-14(6-4-2)12-18(16)23-19/h3-4,7-12H,1-2,5-6H2/q-1. The van der Waals surface area contributed by atoms with E-state index in [2.05, 4.69) is 13.2 Å². The number of hydrogen-bond acceptors (Lipinski definition) is 4. The summed E-state index contributed by atoms with van der Waals surface area (Å²) in [5.41, 5.74) is 2.19. The van der Waals surface area contributed by atoms with Crippen molar-refractivity contribution in [2.75, 3.05) is 0 Å². The first-order valence-electron chi connectivity index (χ1n) is 7.58. The van der Waals surface area contributed by atoms with Crippen LogP contribution in [-0.2, 0) is 12.8 Å². The lowest BCUT2D eigenvalue weighted by Gasteiger charge is -2.27. The fraction of sp³-hybridized carbons (Fsp3) is 0.111. The van der Waals surface area contributed by atoms with Crippen LogP contribution in [0.3, 0.4) is 0 Å². The van der Waals surface area contributed by atoms with Crippen LogP contribution in [0.25, 0.3) is 0 Å². The average Bonchev–Trinajstić information content (AvgIpc) is 3.05. The van der Waals surface area contributed by atoms with E-state index in [9.17, 15) is 0 Å². The van der Waals surface area contributed by atoms with Gasteiger partial charge in [-0.2, -0.15) is 0 Å². The quantitative estimate of drug-likeness (QED) is 0.635. The maximum absolute atomic E-state index is 5.87. The van der Waals surface area contributed by atoms with E-state index in [1.807, 2.05) is 48.6 Å². The van der Waals surface area contributed by atoms with E-state index in [1.54, 1.807) is 0 Å². The maximum Gasteiger partial charge on any atom is 0.777 e. The number of fused-ring (bicyclic) bond motifs is 2. The van der Waals surface area contributed by atoms with Gasteiger partial charge in [-0.1, -0.05) is 24.3 Å². The predicted molar refractivity (Wildman–Crippen MR) is 89.0 cm³/mol. The minimum atomic E-state index is -2.31. The first-order chi connectivity index (χ1) is 11.2. The molecule has 0 atom stereocenters. The summed E-state index contributed by atoms with van der Waals surface area (Å²) >= 11 is 0. The molecule has 0 amide bonds. The Kier molecular flexibility index (Phi) is 3.08. The fourth-order valence-electron chi connectivity index (χ4n) is 2.84. The molecule has 0 unspecified atom stereocenters. The highest BCUT2D eigenvalue weighted by atomic mass is 16.9. The number of benzene rings is 2. The molecule has 2 aliphatic heterocycles. The number of rotatable bonds is 4. The zero-order valence-corrected chi connectivity index (χ0v) is 12.7. The fourth-order valence-corrected chi connectivity index (χ4v) is 2.84. The summed E-state index contributed by atoms with van der Waals surface area (Å²) in [6.45, 7) is 5.18. The largest absolute Gasteiger partial charge is 0.777 e. The molecule has 0 fully saturated rings. The van der Waals surface area contributed by atoms with E-state index >= 15 is 0 Å². The van der Waals surface area contributed by atoms with Crippen LogP contribution in [0.1, 0.15) is 11.1 Å². The van der Waals surface area contributed by atoms with Crippen molar-refractivity contribution < 1.29 is 18.6 Å². The van der Waals surface area contributed by atoms with Crippen molar-refractivity contribution in [1.29, 1.82) is 0 Å². The molecule has 0 aromatic heterocycles. The molecule has 5 heteroatoms. The normalized spacial score (nSPS) is 15.7. The molecule has 0 N–H and O–H groups in total. The van der Waals surface area contributed by atoms with E-state index < -0.39 is 6.96 Å². The average molecular weight is 307 g/mol. The number of hydrogen-bond donors (Lipinski definition) is 0. The van der Waals surface area contributed by atoms with Crippen LogP contribution in [-0.4, -0.2) is 6.96 Å². The van der Waals surface area contributed by atoms with Crippen LogP contribution in [0.5, 0.6) is 23.0 Å². The Bertz CT molecular complexity index is 732. The van der Waals surface area contributed by atoms with Gasteiger partial charge in [0.05, 0.1) is 0 Å². The van der Waals surface area contributed by atoms with Crippen molar-refractivity contribution in [3.05, 3.63) is 72.8 Å². The van der Waals surface area contributed by atoms with Crippen LogP contribution in [0.15, 0.2) is 61.7 Å². The Morgan fingerprint density at radius 2 is 1.13 bits per heavy atom. The Morgan fingerprint density at radius 1 is 0.696 bits per heavy atom. The summed E-state index contributed by atoms with van der Waals surface area (Å²) in [5, 5.41) is 0. The Morgan fingerprint density at radius 3 is 1.57 bits per heavy atom. The highest BCUT2D eigenvalue weighted by Crippen LogP contribution is 2.45. The van der Waals surface area contributed by atoms with Crippen molar-refractivity contribution in [2.45, 2.75) is 12.8 Å². The van der Waals surface area contributed by atoms with Crippen molar-refractivity contribution in [1.82, 2.24) is 0 Å². The molecule has 2 aliphatic rings. The highest BCUT2D eigenvalue weighted by molar-refractivity contribution is 6.59. The van der Waals surface area contributed by atoms with E-state index in [4.69, 9.17) is 18.6 Å². The second kappa shape index (κ2) is 5.12. The zero-order chi connectivity index (χ0) is 15.9. The second-order valence-corrected chi connectivity index (χ2v) is 5.60. The Hall–Kier alpha value is -2.82. The lowest BCUT2D eigenvalue weighted by Crippen LogP contribution is -2.54. The van der Waals surface area contributed by atoms with Gasteiger partial charge < -0.3 is 18.6 Å². The topological polar surface area (TPSA) is 36.9 Å². The van der Waals surface area contributed by atoms with Gasteiger partial charge in [-0.25, -0.2) is 0 Å². The molecule has 4 nitrogen and oxygen atoms in total. The van der Waals surface area contributed by atoms with Gasteiger partial charge in [0.2, 0.25) is 0 Å². The molecular formula is C18H16BO4-. The van der Waals surface area contributed by atoms with Crippen molar-refractivity contribution in [3.63, 3.8) is 0 Å². The third kappa shape index (κ3) is 2.34. The summed E-state index contributed by atoms with van der Waals surface area (Å²) in [4.78, 5) is 0. The van der Waals surface area contributed by atoms with Gasteiger partial charge >= 0.3 is 6.96 Å². The molecule has 0 radical (unpaired) electrons. The summed E-state index contributed by atoms with van der Waals surface area (Å²) in [6, 6.07) is 11.5. The van der Waals surface area contributed by atoms with Crippen LogP contribution in [0.4, 0.5) is 0 Å². The third-order valence-electron chi connectivity index (χ3n) is 3.86. The first-order valence-corrected chi connectivity index (χ1v) is 7.58. The first kappa shape index (κ1) is 13.8. The minimum Gasteiger partial charge on any atom is -0.609 e. The summed E-state index contributed by atoms with van der Waals surface area (Å²) in [5.74, 6) is 2.50. The van der Waals surface area contributed by atoms with Gasteiger partial charge in [-0.3, -0.25) is 0 Å². The van der Waals surface area contributed by atoms with Gasteiger partial charge in [-0.05, 0) is 48.2 Å². The van der Waals surface area contributed by atoms with Gasteiger partial charge in [0.25, 0.3) is 0 Å². The summed E-state index contributed by atoms with van der Waals surface area (Å²) < 4.78 is 23.4. The molecule has 2 aromatic carbocycles. The Labute approximate surface area is 135 Å². The van der Waals surface area contributed by atoms with Gasteiger partial charge in [0.15, 0.2) is 0 Å². The van der Waals surface area contributed by atoms with E-state index in [-0.39, 0.29) is 0 Å². The van der Waals surface area contributed by atoms with E-state index in [1.165, 1.54) is 0 Å². The molecule has 0 bridgehead atoms. The monoisotopic (exact) mass is 307 g/mol. The van der Waals surface area contributed by atoms with Crippen molar-refractivity contribution in [2.24, 2.45) is 0 Å². The summed E-state index contributed by atoms with van der Waals surface area (Å²) in [6.07, 6.45) is 5.23. The van der Waals surface area contributed by atoms with Crippen LogP contribution >= 0.6 is 0 Å². The summed E-state index contributed by atoms with van der Waals surface area (Å²) in [7, 11) is 0. The van der Waals surface area contributed by atoms with Crippen LogP contribution in [0, 0.1) is 0 Å². The SMILES string of the molecule is C=CCc1ccc2c(c1)O[B-]1(O2)Oc2ccc(CC=C)cc2O1. The second-order valence-electron chi connectivity index (χ2n) is 5.60. The van der Waals surface area contributed by atoms with Crippen molar-refractivity contribution in [3.8, 4) is 23.0 Å². The van der Waals surface area contributed by atoms with E-state index in [0.29, 0.717) is 23.0 Å². The molecule has 1 spiro atoms. The van der Waals surface area contributed by atoms with Gasteiger partial charge in [-0.15, -0.1) is 13.2 Å². The molecular weight excluding hydrogens is 291 g/mol. The smallest absolute Gasteiger partial charge is 0.609 e. The predicted octanol–water partition coefficient (Wildman–Crippen LogP) is 3.82. The maximum atomic E-state index is 5.87. The molecule has 4 rings (SSSR count). The lowest BCUT2D eigenvalue weighted by molar-refractivity contribution is 0.224. The third-order valence-corrected chi connectivity index (χ3v) is 3.86. The molecule has 2 aromatic rings. The molecule has 2 heterocycles. The zero-order valence-electron chi connectivity index (χ0n) is 12.7. The number of allylic oxidation sites excluding steroid dienone is 2.